The fourth-order valence-corrected chi connectivity index (χ4v) is 4.26. The molecule has 2 N–H and O–H groups in total. The third kappa shape index (κ3) is 4.10. The average Bonchev–Trinajstić information content (AvgIpc) is 3.24. The zero-order valence-electron chi connectivity index (χ0n) is 16.1. The number of aromatic nitrogens is 1. The van der Waals surface area contributed by atoms with Crippen molar-refractivity contribution in [2.24, 2.45) is 0 Å². The molecule has 3 rings (SSSR count). The van der Waals surface area contributed by atoms with E-state index in [0.29, 0.717) is 11.3 Å². The Hall–Kier alpha value is -2.50. The Morgan fingerprint density at radius 2 is 1.81 bits per heavy atom. The molecule has 0 aliphatic heterocycles. The maximum Gasteiger partial charge on any atom is 0.193 e. The lowest BCUT2D eigenvalue weighted by molar-refractivity contribution is 0.0983. The van der Waals surface area contributed by atoms with Crippen LogP contribution in [0.3, 0.4) is 0 Å². The van der Waals surface area contributed by atoms with Crippen molar-refractivity contribution in [3.63, 3.8) is 0 Å². The van der Waals surface area contributed by atoms with E-state index in [1.165, 1.54) is 12.5 Å². The van der Waals surface area contributed by atoms with Gasteiger partial charge in [-0.2, -0.15) is 0 Å². The lowest BCUT2D eigenvalue weighted by Gasteiger charge is -2.18. The number of Topliss-reactive ketones (excluding diaryl/α,β-unsaturated/α-hetero) is 2. The first-order valence-corrected chi connectivity index (χ1v) is 9.83. The van der Waals surface area contributed by atoms with Crippen molar-refractivity contribution < 1.29 is 9.59 Å². The van der Waals surface area contributed by atoms with Crippen LogP contribution < -0.4 is 5.32 Å². The van der Waals surface area contributed by atoms with Crippen LogP contribution >= 0.6 is 11.3 Å². The predicted molar refractivity (Wildman–Crippen MR) is 110 cm³/mol. The summed E-state index contributed by atoms with van der Waals surface area (Å²) in [7, 11) is 0. The van der Waals surface area contributed by atoms with E-state index in [0.717, 1.165) is 21.7 Å². The van der Waals surface area contributed by atoms with E-state index in [4.69, 9.17) is 0 Å². The van der Waals surface area contributed by atoms with Gasteiger partial charge in [-0.1, -0.05) is 35.9 Å². The normalized spacial score (nSPS) is 12.1. The number of carbonyl (C=O) groups is 2. The van der Waals surface area contributed by atoms with E-state index < -0.39 is 0 Å². The number of benzene rings is 1. The van der Waals surface area contributed by atoms with Crippen molar-refractivity contribution in [1.29, 1.82) is 0 Å². The molecule has 4 nitrogen and oxygen atoms in total. The first-order chi connectivity index (χ1) is 12.9. The van der Waals surface area contributed by atoms with Crippen LogP contribution in [-0.2, 0) is 0 Å². The summed E-state index contributed by atoms with van der Waals surface area (Å²) < 4.78 is 0. The van der Waals surface area contributed by atoms with E-state index in [-0.39, 0.29) is 24.2 Å². The zero-order valence-corrected chi connectivity index (χ0v) is 16.9. The highest BCUT2D eigenvalue weighted by atomic mass is 32.1. The molecule has 140 valence electrons. The summed E-state index contributed by atoms with van der Waals surface area (Å²) in [4.78, 5) is 28.9. The molecule has 2 heterocycles. The first-order valence-electron chi connectivity index (χ1n) is 8.95. The summed E-state index contributed by atoms with van der Waals surface area (Å²) in [6, 6.07) is 12.4. The summed E-state index contributed by atoms with van der Waals surface area (Å²) in [6.07, 6.45) is 0. The molecular weight excluding hydrogens is 356 g/mol. The number of rotatable bonds is 7. The Morgan fingerprint density at radius 3 is 2.37 bits per heavy atom. The molecule has 0 saturated carbocycles. The lowest BCUT2D eigenvalue weighted by Crippen LogP contribution is -2.28. The number of nitrogens with one attached hydrogen (secondary N) is 2. The van der Waals surface area contributed by atoms with Gasteiger partial charge in [0.05, 0.1) is 18.3 Å². The number of hydrogen-bond donors (Lipinski definition) is 2. The number of ketones is 2. The van der Waals surface area contributed by atoms with Crippen LogP contribution in [0.15, 0.2) is 41.8 Å². The predicted octanol–water partition coefficient (Wildman–Crippen LogP) is 4.77. The number of aryl methyl sites for hydroxylation is 2. The standard InChI is InChI=1S/C22H24N2O2S/c1-13-7-9-17(10-8-13)22(19-6-5-11-27-19)23-12-18(26)21-14(2)20(16(4)25)15(3)24-21/h5-11,22-24H,12H2,1-4H3/t22-/m1/s1. The van der Waals surface area contributed by atoms with E-state index in [1.54, 1.807) is 11.3 Å². The highest BCUT2D eigenvalue weighted by Gasteiger charge is 2.21. The number of carbonyl (C=O) groups excluding carboxylic acids is 2. The van der Waals surface area contributed by atoms with Crippen LogP contribution in [0.1, 0.15) is 61.1 Å². The third-order valence-corrected chi connectivity index (χ3v) is 5.71. The summed E-state index contributed by atoms with van der Waals surface area (Å²) >= 11 is 1.66. The van der Waals surface area contributed by atoms with Crippen molar-refractivity contribution in [2.75, 3.05) is 6.54 Å². The Kier molecular flexibility index (Phi) is 5.73. The van der Waals surface area contributed by atoms with Gasteiger partial charge in [0.15, 0.2) is 11.6 Å². The SMILES string of the molecule is CC(=O)c1c(C)[nH]c(C(=O)CN[C@H](c2ccc(C)cc2)c2cccs2)c1C. The maximum absolute atomic E-state index is 12.8. The van der Waals surface area contributed by atoms with Gasteiger partial charge in [-0.05, 0) is 50.3 Å². The third-order valence-electron chi connectivity index (χ3n) is 4.77. The topological polar surface area (TPSA) is 62.0 Å². The van der Waals surface area contributed by atoms with Gasteiger partial charge in [0, 0.05) is 16.1 Å². The number of thiophene rings is 1. The number of hydrogen-bond acceptors (Lipinski definition) is 4. The molecule has 2 aromatic heterocycles. The fourth-order valence-electron chi connectivity index (χ4n) is 3.44. The van der Waals surface area contributed by atoms with Crippen LogP contribution in [0, 0.1) is 20.8 Å². The second-order valence-electron chi connectivity index (χ2n) is 6.84. The molecule has 0 aliphatic rings. The maximum atomic E-state index is 12.8. The molecule has 3 aromatic rings. The Morgan fingerprint density at radius 1 is 1.11 bits per heavy atom. The van der Waals surface area contributed by atoms with Crippen LogP contribution in [-0.4, -0.2) is 23.1 Å². The summed E-state index contributed by atoms with van der Waals surface area (Å²) in [5.41, 5.74) is 4.94. The van der Waals surface area contributed by atoms with Crippen LogP contribution in [0.5, 0.6) is 0 Å². The van der Waals surface area contributed by atoms with Crippen molar-refractivity contribution in [2.45, 2.75) is 33.7 Å². The molecule has 0 radical (unpaired) electrons. The molecule has 0 aliphatic carbocycles. The van der Waals surface area contributed by atoms with Gasteiger partial charge in [-0.3, -0.25) is 14.9 Å². The summed E-state index contributed by atoms with van der Waals surface area (Å²) in [5, 5.41) is 5.44. The highest BCUT2D eigenvalue weighted by Crippen LogP contribution is 2.26. The van der Waals surface area contributed by atoms with Gasteiger partial charge >= 0.3 is 0 Å². The van der Waals surface area contributed by atoms with Gasteiger partial charge in [-0.25, -0.2) is 0 Å². The van der Waals surface area contributed by atoms with E-state index in [9.17, 15) is 9.59 Å². The monoisotopic (exact) mass is 380 g/mol. The number of aromatic amines is 1. The van der Waals surface area contributed by atoms with Crippen molar-refractivity contribution >= 4 is 22.9 Å². The molecule has 5 heteroatoms. The van der Waals surface area contributed by atoms with Crippen molar-refractivity contribution in [3.05, 3.63) is 80.3 Å². The lowest BCUT2D eigenvalue weighted by atomic mass is 10.0. The molecule has 0 bridgehead atoms. The molecule has 1 atom stereocenters. The van der Waals surface area contributed by atoms with Crippen LogP contribution in [0.2, 0.25) is 0 Å². The Labute approximate surface area is 163 Å². The molecule has 27 heavy (non-hydrogen) atoms. The molecule has 0 amide bonds. The van der Waals surface area contributed by atoms with E-state index in [1.807, 2.05) is 25.3 Å². The highest BCUT2D eigenvalue weighted by molar-refractivity contribution is 7.10. The van der Waals surface area contributed by atoms with Crippen molar-refractivity contribution in [3.8, 4) is 0 Å². The minimum atomic E-state index is -0.0447. The minimum Gasteiger partial charge on any atom is -0.355 e. The van der Waals surface area contributed by atoms with E-state index in [2.05, 4.69) is 47.6 Å². The molecule has 0 fully saturated rings. The molecule has 0 unspecified atom stereocenters. The van der Waals surface area contributed by atoms with Gasteiger partial charge in [0.1, 0.15) is 0 Å². The smallest absolute Gasteiger partial charge is 0.193 e. The molecule has 1 aromatic carbocycles. The molecular formula is C22H24N2O2S. The van der Waals surface area contributed by atoms with Gasteiger partial charge in [-0.15, -0.1) is 11.3 Å². The molecule has 0 saturated heterocycles. The summed E-state index contributed by atoms with van der Waals surface area (Å²) in [6.45, 7) is 7.43. The van der Waals surface area contributed by atoms with E-state index >= 15 is 0 Å². The average molecular weight is 381 g/mol. The first kappa shape index (κ1) is 19.3. The number of H-pyrrole nitrogens is 1. The Bertz CT molecular complexity index is 953. The van der Waals surface area contributed by atoms with Crippen LogP contribution in [0.4, 0.5) is 0 Å². The van der Waals surface area contributed by atoms with Gasteiger partial charge < -0.3 is 4.98 Å². The fraction of sp³-hybridized carbons (Fsp3) is 0.273. The quantitative estimate of drug-likeness (QED) is 0.581. The minimum absolute atomic E-state index is 0.0237. The van der Waals surface area contributed by atoms with Gasteiger partial charge in [0.2, 0.25) is 0 Å². The Balaban J connectivity index is 1.82. The zero-order chi connectivity index (χ0) is 19.6. The second kappa shape index (κ2) is 8.03. The van der Waals surface area contributed by atoms with Crippen molar-refractivity contribution in [1.82, 2.24) is 10.3 Å². The molecule has 0 spiro atoms. The largest absolute Gasteiger partial charge is 0.355 e. The second-order valence-corrected chi connectivity index (χ2v) is 7.82. The summed E-state index contributed by atoms with van der Waals surface area (Å²) in [5.74, 6) is -0.0684. The van der Waals surface area contributed by atoms with Crippen LogP contribution in [0.25, 0.3) is 0 Å². The van der Waals surface area contributed by atoms with Gasteiger partial charge in [0.25, 0.3) is 0 Å².